The molecule has 1 aromatic rings. The number of aliphatic carboxylic acids is 1. The summed E-state index contributed by atoms with van der Waals surface area (Å²) in [5.74, 6) is -1.74. The average Bonchev–Trinajstić information content (AvgIpc) is 2.24. The van der Waals surface area contributed by atoms with Crippen molar-refractivity contribution in [1.82, 2.24) is 0 Å². The number of rotatable bonds is 6. The van der Waals surface area contributed by atoms with Crippen molar-refractivity contribution in [3.63, 3.8) is 0 Å². The number of benzene rings is 1. The Kier molecular flexibility index (Phi) is 5.55. The summed E-state index contributed by atoms with van der Waals surface area (Å²) in [7, 11) is 0. The van der Waals surface area contributed by atoms with E-state index in [1.165, 1.54) is 6.07 Å². The molecule has 1 rings (SSSR count). The number of halogens is 3. The van der Waals surface area contributed by atoms with Gasteiger partial charge in [-0.05, 0) is 52.9 Å². The molecule has 1 aromatic carbocycles. The summed E-state index contributed by atoms with van der Waals surface area (Å²) in [5, 5.41) is 8.43. The van der Waals surface area contributed by atoms with Crippen molar-refractivity contribution in [2.45, 2.75) is 32.1 Å². The largest absolute Gasteiger partial charge is 0.481 e. The zero-order valence-electron chi connectivity index (χ0n) is 9.18. The highest BCUT2D eigenvalue weighted by molar-refractivity contribution is 9.10. The summed E-state index contributed by atoms with van der Waals surface area (Å²) in [6.07, 6.45) is 2.47. The monoisotopic (exact) mass is 306 g/mol. The maximum absolute atomic E-state index is 13.4. The van der Waals surface area contributed by atoms with Gasteiger partial charge in [0.25, 0.3) is 0 Å². The lowest BCUT2D eigenvalue weighted by Gasteiger charge is -2.04. The lowest BCUT2D eigenvalue weighted by atomic mass is 10.1. The molecule has 0 saturated heterocycles. The van der Waals surface area contributed by atoms with Crippen molar-refractivity contribution < 1.29 is 18.7 Å². The van der Waals surface area contributed by atoms with E-state index in [4.69, 9.17) is 5.11 Å². The number of hydrogen-bond donors (Lipinski definition) is 1. The highest BCUT2D eigenvalue weighted by atomic mass is 79.9. The SMILES string of the molecule is O=C(O)CCCCCc1cc(F)c(Br)cc1F. The van der Waals surface area contributed by atoms with Crippen LogP contribution in [0.4, 0.5) is 8.78 Å². The van der Waals surface area contributed by atoms with E-state index in [9.17, 15) is 13.6 Å². The molecule has 0 aliphatic carbocycles. The first-order valence-electron chi connectivity index (χ1n) is 5.36. The van der Waals surface area contributed by atoms with Gasteiger partial charge < -0.3 is 5.11 Å². The molecule has 2 nitrogen and oxygen atoms in total. The van der Waals surface area contributed by atoms with E-state index in [1.54, 1.807) is 0 Å². The molecule has 0 amide bonds. The second kappa shape index (κ2) is 6.69. The fourth-order valence-electron chi connectivity index (χ4n) is 1.52. The van der Waals surface area contributed by atoms with E-state index in [0.29, 0.717) is 31.2 Å². The van der Waals surface area contributed by atoms with E-state index < -0.39 is 17.6 Å². The second-order valence-electron chi connectivity index (χ2n) is 3.81. The van der Waals surface area contributed by atoms with Crippen LogP contribution in [0, 0.1) is 11.6 Å². The van der Waals surface area contributed by atoms with Crippen molar-refractivity contribution >= 4 is 21.9 Å². The van der Waals surface area contributed by atoms with Crippen LogP contribution in [-0.2, 0) is 11.2 Å². The Labute approximate surface area is 107 Å². The molecular weight excluding hydrogens is 294 g/mol. The molecule has 0 aromatic heterocycles. The maximum atomic E-state index is 13.4. The summed E-state index contributed by atoms with van der Waals surface area (Å²) in [5.41, 5.74) is 0.334. The summed E-state index contributed by atoms with van der Waals surface area (Å²) < 4.78 is 26.6. The van der Waals surface area contributed by atoms with Crippen molar-refractivity contribution in [2.75, 3.05) is 0 Å². The van der Waals surface area contributed by atoms with Gasteiger partial charge in [-0.2, -0.15) is 0 Å². The van der Waals surface area contributed by atoms with Crippen LogP contribution < -0.4 is 0 Å². The van der Waals surface area contributed by atoms with Gasteiger partial charge in [0, 0.05) is 6.42 Å². The zero-order chi connectivity index (χ0) is 12.8. The number of carbonyl (C=O) groups is 1. The molecule has 0 heterocycles. The molecular formula is C12H13BrF2O2. The normalized spacial score (nSPS) is 10.5. The molecule has 1 N–H and O–H groups in total. The Hall–Kier alpha value is -0.970. The Morgan fingerprint density at radius 1 is 1.18 bits per heavy atom. The van der Waals surface area contributed by atoms with Gasteiger partial charge in [-0.1, -0.05) is 6.42 Å². The molecule has 0 unspecified atom stereocenters. The molecule has 0 saturated carbocycles. The Morgan fingerprint density at radius 3 is 2.53 bits per heavy atom. The lowest BCUT2D eigenvalue weighted by Crippen LogP contribution is -1.96. The molecule has 94 valence electrons. The van der Waals surface area contributed by atoms with Crippen LogP contribution in [0.1, 0.15) is 31.2 Å². The standard InChI is InChI=1S/C12H13BrF2O2/c13-9-7-10(14)8(6-11(9)15)4-2-1-3-5-12(16)17/h6-7H,1-5H2,(H,16,17). The third-order valence-electron chi connectivity index (χ3n) is 2.43. The highest BCUT2D eigenvalue weighted by Crippen LogP contribution is 2.21. The van der Waals surface area contributed by atoms with Crippen LogP contribution in [0.25, 0.3) is 0 Å². The first-order valence-corrected chi connectivity index (χ1v) is 6.15. The fourth-order valence-corrected chi connectivity index (χ4v) is 1.84. The Balaban J connectivity index is 2.41. The van der Waals surface area contributed by atoms with Gasteiger partial charge in [-0.15, -0.1) is 0 Å². The minimum Gasteiger partial charge on any atom is -0.481 e. The van der Waals surface area contributed by atoms with Gasteiger partial charge in [-0.3, -0.25) is 4.79 Å². The van der Waals surface area contributed by atoms with Crippen molar-refractivity contribution in [2.24, 2.45) is 0 Å². The van der Waals surface area contributed by atoms with Crippen LogP contribution in [0.15, 0.2) is 16.6 Å². The number of carboxylic acids is 1. The molecule has 0 atom stereocenters. The molecule has 17 heavy (non-hydrogen) atoms. The quantitative estimate of drug-likeness (QED) is 0.639. The van der Waals surface area contributed by atoms with Gasteiger partial charge >= 0.3 is 5.97 Å². The van der Waals surface area contributed by atoms with Crippen molar-refractivity contribution in [3.05, 3.63) is 33.8 Å². The number of aryl methyl sites for hydroxylation is 1. The molecule has 0 fully saturated rings. The summed E-state index contributed by atoms with van der Waals surface area (Å²) in [4.78, 5) is 10.3. The fraction of sp³-hybridized carbons (Fsp3) is 0.417. The van der Waals surface area contributed by atoms with Gasteiger partial charge in [0.2, 0.25) is 0 Å². The predicted molar refractivity (Wildman–Crippen MR) is 63.9 cm³/mol. The molecule has 0 spiro atoms. The molecule has 0 bridgehead atoms. The van der Waals surface area contributed by atoms with E-state index in [-0.39, 0.29) is 10.9 Å². The van der Waals surface area contributed by atoms with Gasteiger partial charge in [0.05, 0.1) is 4.47 Å². The van der Waals surface area contributed by atoms with Crippen LogP contribution >= 0.6 is 15.9 Å². The van der Waals surface area contributed by atoms with E-state index in [1.807, 2.05) is 0 Å². The van der Waals surface area contributed by atoms with E-state index in [0.717, 1.165) is 6.07 Å². The minimum absolute atomic E-state index is 0.115. The molecule has 0 radical (unpaired) electrons. The summed E-state index contributed by atoms with van der Waals surface area (Å²) >= 11 is 2.91. The lowest BCUT2D eigenvalue weighted by molar-refractivity contribution is -0.137. The third kappa shape index (κ3) is 4.81. The van der Waals surface area contributed by atoms with Crippen LogP contribution in [0.3, 0.4) is 0 Å². The number of hydrogen-bond acceptors (Lipinski definition) is 1. The van der Waals surface area contributed by atoms with Crippen molar-refractivity contribution in [1.29, 1.82) is 0 Å². The van der Waals surface area contributed by atoms with E-state index in [2.05, 4.69) is 15.9 Å². The average molecular weight is 307 g/mol. The first-order chi connectivity index (χ1) is 8.00. The molecule has 0 aliphatic heterocycles. The smallest absolute Gasteiger partial charge is 0.303 e. The number of carboxylic acid groups (broad SMARTS) is 1. The van der Waals surface area contributed by atoms with Gasteiger partial charge in [-0.25, -0.2) is 8.78 Å². The maximum Gasteiger partial charge on any atom is 0.303 e. The zero-order valence-corrected chi connectivity index (χ0v) is 10.8. The first kappa shape index (κ1) is 14.1. The Bertz CT molecular complexity index is 408. The van der Waals surface area contributed by atoms with Crippen LogP contribution in [-0.4, -0.2) is 11.1 Å². The minimum atomic E-state index is -0.828. The summed E-state index contributed by atoms with van der Waals surface area (Å²) in [6, 6.07) is 2.29. The van der Waals surface area contributed by atoms with E-state index >= 15 is 0 Å². The second-order valence-corrected chi connectivity index (χ2v) is 4.67. The van der Waals surface area contributed by atoms with Crippen LogP contribution in [0.5, 0.6) is 0 Å². The highest BCUT2D eigenvalue weighted by Gasteiger charge is 2.08. The Morgan fingerprint density at radius 2 is 1.88 bits per heavy atom. The van der Waals surface area contributed by atoms with Crippen molar-refractivity contribution in [3.8, 4) is 0 Å². The van der Waals surface area contributed by atoms with Crippen LogP contribution in [0.2, 0.25) is 0 Å². The van der Waals surface area contributed by atoms with Gasteiger partial charge in [0.1, 0.15) is 11.6 Å². The van der Waals surface area contributed by atoms with Gasteiger partial charge in [0.15, 0.2) is 0 Å². The molecule has 5 heteroatoms. The summed E-state index contributed by atoms with van der Waals surface area (Å²) in [6.45, 7) is 0. The topological polar surface area (TPSA) is 37.3 Å². The predicted octanol–water partition coefficient (Wildman–Crippen LogP) is 3.91. The third-order valence-corrected chi connectivity index (χ3v) is 3.03. The number of unbranched alkanes of at least 4 members (excludes halogenated alkanes) is 2. The molecule has 0 aliphatic rings.